The molecule has 0 saturated carbocycles. The van der Waals surface area contributed by atoms with E-state index in [4.69, 9.17) is 12.6 Å². The molecule has 4 heteroatoms. The maximum Gasteiger partial charge on any atom is 0.221 e. The Kier molecular flexibility index (Phi) is 2.38. The van der Waals surface area contributed by atoms with Crippen molar-refractivity contribution in [3.8, 4) is 0 Å². The van der Waals surface area contributed by atoms with Gasteiger partial charge in [-0.05, 0) is 12.1 Å². The molecular weight excluding hydrogens is 160 g/mol. The SMILES string of the molecule is CC(=O)Nc1ccc([S])nc1. The van der Waals surface area contributed by atoms with E-state index in [0.717, 1.165) is 0 Å². The Balaban J connectivity index is 2.74. The quantitative estimate of drug-likeness (QED) is 0.690. The zero-order valence-electron chi connectivity index (χ0n) is 6.00. The van der Waals surface area contributed by atoms with Gasteiger partial charge in [-0.2, -0.15) is 0 Å². The monoisotopic (exact) mass is 167 g/mol. The molecule has 1 aromatic rings. The molecule has 11 heavy (non-hydrogen) atoms. The number of anilines is 1. The number of amides is 1. The van der Waals surface area contributed by atoms with Gasteiger partial charge in [-0.1, -0.05) is 12.6 Å². The molecule has 0 saturated heterocycles. The first-order valence-electron chi connectivity index (χ1n) is 3.09. The molecule has 3 nitrogen and oxygen atoms in total. The fourth-order valence-electron chi connectivity index (χ4n) is 0.658. The van der Waals surface area contributed by atoms with E-state index in [1.165, 1.54) is 13.1 Å². The molecule has 1 amide bonds. The summed E-state index contributed by atoms with van der Waals surface area (Å²) in [6.45, 7) is 1.45. The highest BCUT2D eigenvalue weighted by Crippen LogP contribution is 2.07. The molecule has 0 fully saturated rings. The van der Waals surface area contributed by atoms with E-state index in [1.807, 2.05) is 0 Å². The van der Waals surface area contributed by atoms with E-state index in [0.29, 0.717) is 10.7 Å². The van der Waals surface area contributed by atoms with Crippen LogP contribution in [0.3, 0.4) is 0 Å². The van der Waals surface area contributed by atoms with Gasteiger partial charge in [0.15, 0.2) is 0 Å². The first-order valence-corrected chi connectivity index (χ1v) is 3.50. The molecule has 57 valence electrons. The van der Waals surface area contributed by atoms with Crippen molar-refractivity contribution in [1.29, 1.82) is 0 Å². The summed E-state index contributed by atoms with van der Waals surface area (Å²) >= 11 is 4.76. The van der Waals surface area contributed by atoms with Gasteiger partial charge in [0, 0.05) is 6.92 Å². The topological polar surface area (TPSA) is 42.0 Å². The Morgan fingerprint density at radius 1 is 1.64 bits per heavy atom. The van der Waals surface area contributed by atoms with Crippen molar-refractivity contribution < 1.29 is 4.79 Å². The minimum Gasteiger partial charge on any atom is -0.325 e. The van der Waals surface area contributed by atoms with E-state index < -0.39 is 0 Å². The Morgan fingerprint density at radius 2 is 2.36 bits per heavy atom. The lowest BCUT2D eigenvalue weighted by Gasteiger charge is -1.99. The highest BCUT2D eigenvalue weighted by atomic mass is 32.1. The van der Waals surface area contributed by atoms with Crippen LogP contribution in [0.15, 0.2) is 23.4 Å². The lowest BCUT2D eigenvalue weighted by molar-refractivity contribution is -0.114. The third kappa shape index (κ3) is 2.51. The Hall–Kier alpha value is -1.16. The van der Waals surface area contributed by atoms with Crippen molar-refractivity contribution in [2.75, 3.05) is 5.32 Å². The van der Waals surface area contributed by atoms with Crippen LogP contribution >= 0.6 is 12.6 Å². The van der Waals surface area contributed by atoms with Gasteiger partial charge in [-0.3, -0.25) is 4.79 Å². The Morgan fingerprint density at radius 3 is 2.82 bits per heavy atom. The molecule has 1 heterocycles. The van der Waals surface area contributed by atoms with E-state index in [-0.39, 0.29) is 5.91 Å². The molecule has 1 aromatic heterocycles. The van der Waals surface area contributed by atoms with Crippen molar-refractivity contribution in [1.82, 2.24) is 4.98 Å². The van der Waals surface area contributed by atoms with Crippen molar-refractivity contribution in [3.63, 3.8) is 0 Å². The van der Waals surface area contributed by atoms with Gasteiger partial charge in [0.1, 0.15) is 5.03 Å². The van der Waals surface area contributed by atoms with Gasteiger partial charge in [0.2, 0.25) is 5.91 Å². The van der Waals surface area contributed by atoms with Gasteiger partial charge in [0.05, 0.1) is 11.9 Å². The van der Waals surface area contributed by atoms with Crippen LogP contribution in [-0.4, -0.2) is 10.9 Å². The molecule has 0 spiro atoms. The standard InChI is InChI=1S/C7H7N2OS/c1-5(10)9-6-2-3-7(11)8-4-6/h2-4H,1H3,(H,9,10). The molecule has 0 aliphatic carbocycles. The predicted molar refractivity (Wildman–Crippen MR) is 44.4 cm³/mol. The fraction of sp³-hybridized carbons (Fsp3) is 0.143. The van der Waals surface area contributed by atoms with Crippen LogP contribution in [0.2, 0.25) is 0 Å². The van der Waals surface area contributed by atoms with Gasteiger partial charge < -0.3 is 5.32 Å². The smallest absolute Gasteiger partial charge is 0.221 e. The summed E-state index contributed by atoms with van der Waals surface area (Å²) in [5.41, 5.74) is 0.672. The predicted octanol–water partition coefficient (Wildman–Crippen LogP) is 1.60. The van der Waals surface area contributed by atoms with Crippen LogP contribution in [0.1, 0.15) is 6.92 Å². The molecule has 0 aromatic carbocycles. The Bertz CT molecular complexity index is 258. The molecule has 1 rings (SSSR count). The third-order valence-electron chi connectivity index (χ3n) is 1.06. The molecule has 1 radical (unpaired) electrons. The average molecular weight is 167 g/mol. The van der Waals surface area contributed by atoms with Crippen LogP contribution in [0.4, 0.5) is 5.69 Å². The maximum absolute atomic E-state index is 10.5. The van der Waals surface area contributed by atoms with Crippen LogP contribution in [0.5, 0.6) is 0 Å². The number of aromatic nitrogens is 1. The number of pyridine rings is 1. The van der Waals surface area contributed by atoms with Gasteiger partial charge in [0.25, 0.3) is 0 Å². The minimum atomic E-state index is -0.107. The number of carbonyl (C=O) groups is 1. The number of hydrogen-bond donors (Lipinski definition) is 1. The van der Waals surface area contributed by atoms with Gasteiger partial charge in [-0.15, -0.1) is 0 Å². The highest BCUT2D eigenvalue weighted by Gasteiger charge is 1.94. The lowest BCUT2D eigenvalue weighted by Crippen LogP contribution is -2.05. The van der Waals surface area contributed by atoms with Crippen molar-refractivity contribution in [2.45, 2.75) is 11.9 Å². The fourth-order valence-corrected chi connectivity index (χ4v) is 0.778. The molecule has 0 bridgehead atoms. The molecule has 0 atom stereocenters. The second kappa shape index (κ2) is 3.30. The second-order valence-corrected chi connectivity index (χ2v) is 2.48. The highest BCUT2D eigenvalue weighted by molar-refractivity contribution is 7.80. The number of hydrogen-bond acceptors (Lipinski definition) is 2. The molecule has 0 aliphatic heterocycles. The summed E-state index contributed by atoms with van der Waals surface area (Å²) in [6, 6.07) is 3.39. The summed E-state index contributed by atoms with van der Waals surface area (Å²) in [7, 11) is 0. The number of rotatable bonds is 1. The van der Waals surface area contributed by atoms with Gasteiger partial charge in [-0.25, -0.2) is 4.98 Å². The molecule has 0 unspecified atom stereocenters. The number of nitrogens with one attached hydrogen (secondary N) is 1. The van der Waals surface area contributed by atoms with Crippen LogP contribution in [0.25, 0.3) is 0 Å². The lowest BCUT2D eigenvalue weighted by atomic mass is 10.4. The zero-order chi connectivity index (χ0) is 8.27. The van der Waals surface area contributed by atoms with Crippen molar-refractivity contribution >= 4 is 24.2 Å². The summed E-state index contributed by atoms with van der Waals surface area (Å²) in [5, 5.41) is 3.11. The van der Waals surface area contributed by atoms with E-state index in [2.05, 4.69) is 10.3 Å². The minimum absolute atomic E-state index is 0.107. The second-order valence-electron chi connectivity index (χ2n) is 2.07. The van der Waals surface area contributed by atoms with Crippen LogP contribution in [0, 0.1) is 0 Å². The van der Waals surface area contributed by atoms with Gasteiger partial charge >= 0.3 is 0 Å². The summed E-state index contributed by atoms with van der Waals surface area (Å²) in [4.78, 5) is 14.4. The van der Waals surface area contributed by atoms with E-state index in [1.54, 1.807) is 12.1 Å². The van der Waals surface area contributed by atoms with Crippen molar-refractivity contribution in [3.05, 3.63) is 18.3 Å². The summed E-state index contributed by atoms with van der Waals surface area (Å²) in [6.07, 6.45) is 1.53. The third-order valence-corrected chi connectivity index (χ3v) is 1.30. The first-order chi connectivity index (χ1) is 5.18. The Labute approximate surface area is 70.2 Å². The van der Waals surface area contributed by atoms with Crippen molar-refractivity contribution in [2.24, 2.45) is 0 Å². The molecule has 1 N–H and O–H groups in total. The maximum atomic E-state index is 10.5. The van der Waals surface area contributed by atoms with Crippen LogP contribution < -0.4 is 5.32 Å². The molecular formula is C7H7N2OS. The number of carbonyl (C=O) groups excluding carboxylic acids is 1. The summed E-state index contributed by atoms with van der Waals surface area (Å²) in [5.74, 6) is -0.107. The van der Waals surface area contributed by atoms with Crippen LogP contribution in [-0.2, 0) is 4.79 Å². The van der Waals surface area contributed by atoms with E-state index in [9.17, 15) is 4.79 Å². The first kappa shape index (κ1) is 7.94. The zero-order valence-corrected chi connectivity index (χ0v) is 6.81. The largest absolute Gasteiger partial charge is 0.325 e. The number of nitrogens with zero attached hydrogens (tertiary/aromatic N) is 1. The average Bonchev–Trinajstić information content (AvgIpc) is 1.93. The van der Waals surface area contributed by atoms with E-state index >= 15 is 0 Å². The normalized spacial score (nSPS) is 9.18. The summed E-state index contributed by atoms with van der Waals surface area (Å²) < 4.78 is 0. The molecule has 0 aliphatic rings.